The predicted molar refractivity (Wildman–Crippen MR) is 104 cm³/mol. The summed E-state index contributed by atoms with van der Waals surface area (Å²) in [4.78, 5) is 13.6. The molecule has 0 aliphatic carbocycles. The molecular weight excluding hydrogens is 304 g/mol. The van der Waals surface area contributed by atoms with E-state index in [1.807, 2.05) is 58.2 Å². The van der Waals surface area contributed by atoms with Crippen LogP contribution in [0.25, 0.3) is 0 Å². The molecule has 1 aromatic heterocycles. The zero-order valence-electron chi connectivity index (χ0n) is 14.6. The molecule has 0 aliphatic heterocycles. The van der Waals surface area contributed by atoms with Crippen LogP contribution in [0.2, 0.25) is 0 Å². The van der Waals surface area contributed by atoms with Crippen molar-refractivity contribution in [2.45, 2.75) is 34.6 Å². The van der Waals surface area contributed by atoms with Gasteiger partial charge in [-0.3, -0.25) is 0 Å². The number of guanidine groups is 1. The molecule has 0 atom stereocenters. The summed E-state index contributed by atoms with van der Waals surface area (Å²) in [6, 6.07) is 0. The Kier molecular flexibility index (Phi) is 12.1. The topological polar surface area (TPSA) is 49.6 Å². The van der Waals surface area contributed by atoms with E-state index in [-0.39, 0.29) is 0 Å². The van der Waals surface area contributed by atoms with Crippen molar-refractivity contribution < 1.29 is 0 Å². The maximum absolute atomic E-state index is 4.15. The maximum atomic E-state index is 4.15. The van der Waals surface area contributed by atoms with Gasteiger partial charge in [0.25, 0.3) is 0 Å². The van der Waals surface area contributed by atoms with E-state index in [4.69, 9.17) is 0 Å². The van der Waals surface area contributed by atoms with E-state index >= 15 is 0 Å². The number of hydrogen-bond donors (Lipinski definition) is 1. The van der Waals surface area contributed by atoms with E-state index < -0.39 is 0 Å². The Bertz CT molecular complexity index is 588. The predicted octanol–water partition coefficient (Wildman–Crippen LogP) is 4.96. The number of nitrogens with one attached hydrogen (secondary N) is 1. The van der Waals surface area contributed by atoms with Crippen molar-refractivity contribution in [1.29, 1.82) is 0 Å². The second-order valence-corrected chi connectivity index (χ2v) is 5.73. The van der Waals surface area contributed by atoms with Crippen LogP contribution in [0.5, 0.6) is 0 Å². The Labute approximate surface area is 143 Å². The average Bonchev–Trinajstić information content (AvgIpc) is 2.89. The Morgan fingerprint density at radius 2 is 2.00 bits per heavy atom. The molecule has 1 rings (SSSR count). The van der Waals surface area contributed by atoms with Crippen molar-refractivity contribution in [2.24, 2.45) is 9.98 Å². The highest BCUT2D eigenvalue weighted by molar-refractivity contribution is 7.11. The lowest BCUT2D eigenvalue weighted by atomic mass is 10.3. The van der Waals surface area contributed by atoms with Crippen molar-refractivity contribution in [3.8, 4) is 0 Å². The molecule has 0 aromatic carbocycles. The highest BCUT2D eigenvalue weighted by atomic mass is 32.1. The Morgan fingerprint density at radius 3 is 2.39 bits per heavy atom. The summed E-state index contributed by atoms with van der Waals surface area (Å²) in [5, 5.41) is 4.25. The summed E-state index contributed by atoms with van der Waals surface area (Å²) in [7, 11) is 0. The first kappa shape index (κ1) is 20.7. The number of hydrogen-bond acceptors (Lipinski definition) is 3. The fourth-order valence-corrected chi connectivity index (χ4v) is 2.08. The van der Waals surface area contributed by atoms with Crippen molar-refractivity contribution in [3.05, 3.63) is 64.9 Å². The summed E-state index contributed by atoms with van der Waals surface area (Å²) >= 11 is 1.73. The number of nitrogens with zero attached hydrogens (tertiary/aromatic N) is 3. The molecular formula is C18H26N4S. The molecule has 124 valence electrons. The van der Waals surface area contributed by atoms with E-state index in [0.29, 0.717) is 5.96 Å². The van der Waals surface area contributed by atoms with Gasteiger partial charge in [0, 0.05) is 29.2 Å². The highest BCUT2D eigenvalue weighted by Gasteiger charge is 1.95. The standard InChI is InChI=1S/C13H19N3.C5H7NS/c1-5-9-12(10-6-2)16-13(14-8-4)15-11-7-3;1-4-3-6-5(2)7-4/h5-11H,1H2,2-4H3,(H,15,16);3H,1-2H3/b10-6-,11-7-,12-9+,14-8-;. The lowest BCUT2D eigenvalue weighted by Gasteiger charge is -2.04. The number of allylic oxidation sites excluding steroid dienone is 5. The van der Waals surface area contributed by atoms with Gasteiger partial charge < -0.3 is 5.32 Å². The highest BCUT2D eigenvalue weighted by Crippen LogP contribution is 2.07. The molecule has 0 amide bonds. The van der Waals surface area contributed by atoms with Gasteiger partial charge in [-0.05, 0) is 46.8 Å². The number of aliphatic imine (C=N–C) groups is 2. The molecule has 0 fully saturated rings. The van der Waals surface area contributed by atoms with Gasteiger partial charge in [-0.2, -0.15) is 0 Å². The summed E-state index contributed by atoms with van der Waals surface area (Å²) in [6.45, 7) is 13.4. The third-order valence-corrected chi connectivity index (χ3v) is 3.06. The Hall–Kier alpha value is -2.27. The van der Waals surface area contributed by atoms with Gasteiger partial charge in [-0.1, -0.05) is 24.8 Å². The van der Waals surface area contributed by atoms with Crippen LogP contribution in [-0.4, -0.2) is 17.2 Å². The van der Waals surface area contributed by atoms with Crippen molar-refractivity contribution >= 4 is 23.5 Å². The van der Waals surface area contributed by atoms with E-state index in [9.17, 15) is 0 Å². The lowest BCUT2D eigenvalue weighted by Crippen LogP contribution is -2.19. The summed E-state index contributed by atoms with van der Waals surface area (Å²) in [5.41, 5.74) is 0.895. The van der Waals surface area contributed by atoms with Crippen LogP contribution in [0.1, 0.15) is 30.7 Å². The van der Waals surface area contributed by atoms with Crippen LogP contribution in [-0.2, 0) is 0 Å². The van der Waals surface area contributed by atoms with Crippen molar-refractivity contribution in [1.82, 2.24) is 10.3 Å². The van der Waals surface area contributed by atoms with Gasteiger partial charge >= 0.3 is 0 Å². The third-order valence-electron chi connectivity index (χ3n) is 2.23. The minimum Gasteiger partial charge on any atom is -0.324 e. The minimum atomic E-state index is 0.548. The van der Waals surface area contributed by atoms with Gasteiger partial charge in [0.1, 0.15) is 0 Å². The second kappa shape index (κ2) is 13.4. The first-order chi connectivity index (χ1) is 11.1. The summed E-state index contributed by atoms with van der Waals surface area (Å²) < 4.78 is 0. The lowest BCUT2D eigenvalue weighted by molar-refractivity contribution is 1.14. The molecule has 1 heterocycles. The van der Waals surface area contributed by atoms with Crippen LogP contribution in [0.3, 0.4) is 0 Å². The van der Waals surface area contributed by atoms with Crippen molar-refractivity contribution in [3.63, 3.8) is 0 Å². The molecule has 0 radical (unpaired) electrons. The van der Waals surface area contributed by atoms with Crippen LogP contribution in [0.15, 0.2) is 65.0 Å². The number of aryl methyl sites for hydroxylation is 2. The zero-order valence-corrected chi connectivity index (χ0v) is 15.4. The molecule has 23 heavy (non-hydrogen) atoms. The van der Waals surface area contributed by atoms with Gasteiger partial charge in [-0.15, -0.1) is 11.3 Å². The number of rotatable bonds is 4. The molecule has 1 aromatic rings. The largest absolute Gasteiger partial charge is 0.324 e. The van der Waals surface area contributed by atoms with Gasteiger partial charge in [0.05, 0.1) is 5.01 Å². The van der Waals surface area contributed by atoms with E-state index in [0.717, 1.165) is 10.7 Å². The monoisotopic (exact) mass is 330 g/mol. The van der Waals surface area contributed by atoms with Gasteiger partial charge in [0.2, 0.25) is 5.96 Å². The third kappa shape index (κ3) is 11.0. The van der Waals surface area contributed by atoms with E-state index in [2.05, 4.69) is 33.8 Å². The fraction of sp³-hybridized carbons (Fsp3) is 0.278. The first-order valence-corrected chi connectivity index (χ1v) is 8.18. The molecule has 0 spiro atoms. The van der Waals surface area contributed by atoms with Crippen LogP contribution >= 0.6 is 11.3 Å². The quantitative estimate of drug-likeness (QED) is 0.482. The normalized spacial score (nSPS) is 12.7. The summed E-state index contributed by atoms with van der Waals surface area (Å²) in [5.74, 6) is 0.548. The van der Waals surface area contributed by atoms with Crippen molar-refractivity contribution in [2.75, 3.05) is 0 Å². The van der Waals surface area contributed by atoms with Crippen LogP contribution < -0.4 is 5.32 Å². The Morgan fingerprint density at radius 1 is 1.26 bits per heavy atom. The Balaban J connectivity index is 0.000000568. The minimum absolute atomic E-state index is 0.548. The fourth-order valence-electron chi connectivity index (χ4n) is 1.41. The molecule has 0 bridgehead atoms. The van der Waals surface area contributed by atoms with Gasteiger partial charge in [0.15, 0.2) is 0 Å². The summed E-state index contributed by atoms with van der Waals surface area (Å²) in [6.07, 6.45) is 14.6. The zero-order chi connectivity index (χ0) is 17.5. The van der Waals surface area contributed by atoms with Gasteiger partial charge in [-0.25, -0.2) is 15.0 Å². The first-order valence-electron chi connectivity index (χ1n) is 7.36. The molecule has 5 heteroatoms. The average molecular weight is 331 g/mol. The maximum Gasteiger partial charge on any atom is 0.226 e. The van der Waals surface area contributed by atoms with Crippen LogP contribution in [0, 0.1) is 13.8 Å². The van der Waals surface area contributed by atoms with E-state index in [1.54, 1.807) is 29.8 Å². The molecule has 0 unspecified atom stereocenters. The second-order valence-electron chi connectivity index (χ2n) is 4.30. The van der Waals surface area contributed by atoms with Crippen LogP contribution in [0.4, 0.5) is 0 Å². The molecule has 0 saturated carbocycles. The molecule has 4 nitrogen and oxygen atoms in total. The molecule has 1 N–H and O–H groups in total. The smallest absolute Gasteiger partial charge is 0.226 e. The molecule has 0 saturated heterocycles. The molecule has 0 aliphatic rings. The number of aromatic nitrogens is 1. The number of thiazole rings is 1. The van der Waals surface area contributed by atoms with E-state index in [1.165, 1.54) is 4.88 Å². The SMILES string of the molecule is C=C/C=C(\C=C/C)NC(/N=C\C)=N/C=C\C.Cc1cnc(C)s1.